The van der Waals surface area contributed by atoms with E-state index in [0.29, 0.717) is 22.7 Å². The summed E-state index contributed by atoms with van der Waals surface area (Å²) in [6, 6.07) is 10.8. The predicted molar refractivity (Wildman–Crippen MR) is 121 cm³/mol. The van der Waals surface area contributed by atoms with Crippen LogP contribution in [0.25, 0.3) is 31.0 Å². The standard InChI is InChI=1S/C22H17N3O4S2/c1-22(2,28)18-11-30-20(24-18)17-10-14-19(31-17)16(5-7-23-14)29-13-3-4-15-12(9-13)6-8-25(15)21(26)27/h3-11,28H,1-2H3,(H,26,27). The largest absolute Gasteiger partial charge is 0.464 e. The lowest BCUT2D eigenvalue weighted by Crippen LogP contribution is -2.15. The van der Waals surface area contributed by atoms with E-state index in [1.165, 1.54) is 33.4 Å². The Hall–Kier alpha value is -3.27. The van der Waals surface area contributed by atoms with Crippen LogP contribution in [-0.2, 0) is 5.60 Å². The Morgan fingerprint density at radius 2 is 2.03 bits per heavy atom. The summed E-state index contributed by atoms with van der Waals surface area (Å²) < 4.78 is 8.20. The third-order valence-electron chi connectivity index (χ3n) is 4.81. The molecule has 5 rings (SSSR count). The van der Waals surface area contributed by atoms with Crippen LogP contribution in [-0.4, -0.2) is 30.8 Å². The van der Waals surface area contributed by atoms with Gasteiger partial charge >= 0.3 is 6.09 Å². The molecule has 0 spiro atoms. The predicted octanol–water partition coefficient (Wildman–Crippen LogP) is 5.92. The molecule has 0 radical (unpaired) electrons. The van der Waals surface area contributed by atoms with Crippen LogP contribution in [0.15, 0.2) is 54.2 Å². The summed E-state index contributed by atoms with van der Waals surface area (Å²) in [4.78, 5) is 21.3. The van der Waals surface area contributed by atoms with Crippen molar-refractivity contribution in [1.82, 2.24) is 14.5 Å². The fourth-order valence-corrected chi connectivity index (χ4v) is 5.36. The molecule has 0 aliphatic rings. The van der Waals surface area contributed by atoms with Gasteiger partial charge in [0.15, 0.2) is 0 Å². The summed E-state index contributed by atoms with van der Waals surface area (Å²) in [6.45, 7) is 3.43. The molecule has 0 aliphatic heterocycles. The first kappa shape index (κ1) is 19.7. The van der Waals surface area contributed by atoms with Gasteiger partial charge in [-0.05, 0) is 44.2 Å². The second-order valence-electron chi connectivity index (χ2n) is 7.52. The smallest absolute Gasteiger partial charge is 0.415 e. The first-order valence-electron chi connectivity index (χ1n) is 9.39. The van der Waals surface area contributed by atoms with Crippen LogP contribution in [0.2, 0.25) is 0 Å². The van der Waals surface area contributed by atoms with Crippen LogP contribution in [0.5, 0.6) is 11.5 Å². The summed E-state index contributed by atoms with van der Waals surface area (Å²) >= 11 is 3.01. The number of carbonyl (C=O) groups is 1. The molecule has 0 unspecified atom stereocenters. The molecule has 0 aliphatic carbocycles. The van der Waals surface area contributed by atoms with Gasteiger partial charge in [-0.1, -0.05) is 0 Å². The number of fused-ring (bicyclic) bond motifs is 2. The highest BCUT2D eigenvalue weighted by molar-refractivity contribution is 7.25. The van der Waals surface area contributed by atoms with E-state index in [-0.39, 0.29) is 0 Å². The van der Waals surface area contributed by atoms with Crippen LogP contribution in [0.4, 0.5) is 4.79 Å². The van der Waals surface area contributed by atoms with Gasteiger partial charge in [0.2, 0.25) is 0 Å². The summed E-state index contributed by atoms with van der Waals surface area (Å²) in [5.74, 6) is 1.27. The maximum absolute atomic E-state index is 11.3. The van der Waals surface area contributed by atoms with Crippen molar-refractivity contribution in [2.24, 2.45) is 0 Å². The molecule has 7 nitrogen and oxygen atoms in total. The average Bonchev–Trinajstić information content (AvgIpc) is 3.44. The molecular formula is C22H17N3O4S2. The van der Waals surface area contributed by atoms with Gasteiger partial charge in [-0.25, -0.2) is 9.78 Å². The van der Waals surface area contributed by atoms with E-state index in [1.807, 2.05) is 17.5 Å². The number of ether oxygens (including phenoxy) is 1. The van der Waals surface area contributed by atoms with Gasteiger partial charge in [0.25, 0.3) is 0 Å². The van der Waals surface area contributed by atoms with E-state index >= 15 is 0 Å². The van der Waals surface area contributed by atoms with E-state index in [4.69, 9.17) is 4.74 Å². The summed E-state index contributed by atoms with van der Waals surface area (Å²) in [5, 5.41) is 22.9. The maximum atomic E-state index is 11.3. The van der Waals surface area contributed by atoms with Gasteiger partial charge in [0, 0.05) is 29.2 Å². The Kier molecular flexibility index (Phi) is 4.54. The normalized spacial score (nSPS) is 12.0. The quantitative estimate of drug-likeness (QED) is 0.352. The molecule has 4 heterocycles. The lowest BCUT2D eigenvalue weighted by atomic mass is 10.1. The van der Waals surface area contributed by atoms with Crippen molar-refractivity contribution in [2.75, 3.05) is 0 Å². The maximum Gasteiger partial charge on any atom is 0.415 e. The lowest BCUT2D eigenvalue weighted by Gasteiger charge is -2.12. The molecule has 0 atom stereocenters. The molecule has 2 N–H and O–H groups in total. The Morgan fingerprint density at radius 3 is 2.77 bits per heavy atom. The van der Waals surface area contributed by atoms with E-state index in [0.717, 1.165) is 25.5 Å². The van der Waals surface area contributed by atoms with Crippen molar-refractivity contribution in [3.05, 3.63) is 59.9 Å². The number of aliphatic hydroxyl groups is 1. The summed E-state index contributed by atoms with van der Waals surface area (Å²) in [6.07, 6.45) is 2.18. The molecule has 4 aromatic heterocycles. The molecule has 0 bridgehead atoms. The van der Waals surface area contributed by atoms with Gasteiger partial charge in [0.05, 0.1) is 26.3 Å². The zero-order chi connectivity index (χ0) is 21.8. The minimum Gasteiger partial charge on any atom is -0.464 e. The molecular weight excluding hydrogens is 434 g/mol. The molecule has 0 amide bonds. The van der Waals surface area contributed by atoms with Gasteiger partial charge in [-0.3, -0.25) is 9.55 Å². The summed E-state index contributed by atoms with van der Waals surface area (Å²) in [7, 11) is 0. The van der Waals surface area contributed by atoms with E-state index < -0.39 is 11.7 Å². The average molecular weight is 452 g/mol. The van der Waals surface area contributed by atoms with Crippen molar-refractivity contribution in [1.29, 1.82) is 0 Å². The second kappa shape index (κ2) is 7.16. The minimum absolute atomic E-state index is 0.601. The molecule has 0 saturated carbocycles. The van der Waals surface area contributed by atoms with Crippen molar-refractivity contribution in [3.63, 3.8) is 0 Å². The second-order valence-corrected chi connectivity index (χ2v) is 9.43. The highest BCUT2D eigenvalue weighted by Crippen LogP contribution is 2.41. The summed E-state index contributed by atoms with van der Waals surface area (Å²) in [5.41, 5.74) is 1.05. The fraction of sp³-hybridized carbons (Fsp3) is 0.136. The molecule has 156 valence electrons. The Labute approximate surface area is 184 Å². The molecule has 5 aromatic rings. The zero-order valence-electron chi connectivity index (χ0n) is 16.6. The van der Waals surface area contributed by atoms with Crippen molar-refractivity contribution in [2.45, 2.75) is 19.4 Å². The van der Waals surface area contributed by atoms with E-state index in [9.17, 15) is 15.0 Å². The van der Waals surface area contributed by atoms with E-state index in [1.54, 1.807) is 44.3 Å². The van der Waals surface area contributed by atoms with Crippen LogP contribution >= 0.6 is 22.7 Å². The van der Waals surface area contributed by atoms with Crippen LogP contribution in [0.3, 0.4) is 0 Å². The van der Waals surface area contributed by atoms with Crippen molar-refractivity contribution < 1.29 is 19.7 Å². The van der Waals surface area contributed by atoms with Gasteiger partial charge < -0.3 is 14.9 Å². The van der Waals surface area contributed by atoms with E-state index in [2.05, 4.69) is 9.97 Å². The SMILES string of the molecule is CC(C)(O)c1csc(-c2cc3nccc(Oc4ccc5c(ccn5C(=O)O)c4)c3s2)n1. The molecule has 9 heteroatoms. The molecule has 0 fully saturated rings. The first-order chi connectivity index (χ1) is 14.8. The number of hydrogen-bond acceptors (Lipinski definition) is 7. The first-order valence-corrected chi connectivity index (χ1v) is 11.1. The number of nitrogens with zero attached hydrogens (tertiary/aromatic N) is 3. The number of carboxylic acid groups (broad SMARTS) is 1. The number of pyridine rings is 1. The number of thiazole rings is 1. The number of benzene rings is 1. The molecule has 0 saturated heterocycles. The molecule has 31 heavy (non-hydrogen) atoms. The Morgan fingerprint density at radius 1 is 1.19 bits per heavy atom. The number of rotatable bonds is 4. The third-order valence-corrected chi connectivity index (χ3v) is 6.96. The monoisotopic (exact) mass is 451 g/mol. The Balaban J connectivity index is 1.50. The van der Waals surface area contributed by atoms with Gasteiger partial charge in [-0.2, -0.15) is 0 Å². The van der Waals surface area contributed by atoms with Crippen LogP contribution in [0, 0.1) is 0 Å². The lowest BCUT2D eigenvalue weighted by molar-refractivity contribution is 0.0746. The molecule has 1 aromatic carbocycles. The number of thiophene rings is 1. The van der Waals surface area contributed by atoms with Crippen molar-refractivity contribution in [3.8, 4) is 21.4 Å². The topological polar surface area (TPSA) is 97.5 Å². The van der Waals surface area contributed by atoms with Crippen LogP contribution < -0.4 is 4.74 Å². The van der Waals surface area contributed by atoms with Gasteiger partial charge in [0.1, 0.15) is 22.1 Å². The fourth-order valence-electron chi connectivity index (χ4n) is 3.25. The van der Waals surface area contributed by atoms with Crippen molar-refractivity contribution >= 4 is 49.9 Å². The minimum atomic E-state index is -1.03. The number of aromatic nitrogens is 3. The Bertz CT molecular complexity index is 1440. The van der Waals surface area contributed by atoms with Gasteiger partial charge in [-0.15, -0.1) is 22.7 Å². The highest BCUT2D eigenvalue weighted by Gasteiger charge is 2.21. The third kappa shape index (κ3) is 3.56. The highest BCUT2D eigenvalue weighted by atomic mass is 32.1. The number of hydrogen-bond donors (Lipinski definition) is 2. The van der Waals surface area contributed by atoms with Crippen LogP contribution in [0.1, 0.15) is 19.5 Å². The zero-order valence-corrected chi connectivity index (χ0v) is 18.2.